The molecule has 0 bridgehead atoms. The first-order valence-electron chi connectivity index (χ1n) is 13.7. The van der Waals surface area contributed by atoms with E-state index in [1.54, 1.807) is 51.1 Å². The summed E-state index contributed by atoms with van der Waals surface area (Å²) >= 11 is 4.00. The molecule has 8 nitrogen and oxygen atoms in total. The third-order valence-corrected chi connectivity index (χ3v) is 8.00. The first-order chi connectivity index (χ1) is 21.2. The number of esters is 2. The lowest BCUT2D eigenvalue weighted by Crippen LogP contribution is -2.08. The van der Waals surface area contributed by atoms with Gasteiger partial charge in [0, 0.05) is 35.3 Å². The van der Waals surface area contributed by atoms with E-state index in [9.17, 15) is 19.2 Å². The highest BCUT2D eigenvalue weighted by molar-refractivity contribution is 8.14. The minimum Gasteiger partial charge on any atom is -0.497 e. The molecule has 0 fully saturated rings. The van der Waals surface area contributed by atoms with Gasteiger partial charge >= 0.3 is 11.9 Å². The number of ether oxygens (including phenoxy) is 4. The Morgan fingerprint density at radius 1 is 0.727 bits per heavy atom. The molecule has 0 heterocycles. The minimum absolute atomic E-state index is 0.0395. The van der Waals surface area contributed by atoms with Gasteiger partial charge < -0.3 is 18.9 Å². The molecule has 0 saturated heterocycles. The van der Waals surface area contributed by atoms with Crippen LogP contribution in [-0.2, 0) is 28.7 Å². The Labute approximate surface area is 273 Å². The molecule has 0 radical (unpaired) electrons. The molecule has 0 aliphatic heterocycles. The van der Waals surface area contributed by atoms with Crippen molar-refractivity contribution in [3.63, 3.8) is 0 Å². The van der Waals surface area contributed by atoms with Gasteiger partial charge in [0.1, 0.15) is 24.7 Å². The standard InChI is InChI=1S/C17H22O4S2.C16H18O4S/c1-13(22-3)12-17(19)23-11-10-21-16(18)9-6-14-4-7-15(20-2)8-5-14;1-3-4-16(18)21-12-11-20-15(17)10-7-13-5-8-14(19-2)9-6-13/h4-9,13H,10-12H2,1-3H3;3-10H,11-12H2,1-2H3/b9-6+;4-3+,10-7+. The zero-order valence-electron chi connectivity index (χ0n) is 25.7. The van der Waals surface area contributed by atoms with E-state index in [2.05, 4.69) is 0 Å². The van der Waals surface area contributed by atoms with Crippen molar-refractivity contribution in [3.05, 3.63) is 84.0 Å². The van der Waals surface area contributed by atoms with E-state index >= 15 is 0 Å². The summed E-state index contributed by atoms with van der Waals surface area (Å²) in [4.78, 5) is 45.8. The number of benzene rings is 2. The molecule has 1 unspecified atom stereocenters. The number of rotatable bonds is 16. The van der Waals surface area contributed by atoms with Crippen molar-refractivity contribution in [2.24, 2.45) is 0 Å². The van der Waals surface area contributed by atoms with Gasteiger partial charge in [-0.25, -0.2) is 9.59 Å². The largest absolute Gasteiger partial charge is 0.497 e. The zero-order chi connectivity index (χ0) is 32.6. The van der Waals surface area contributed by atoms with E-state index < -0.39 is 11.9 Å². The molecular formula is C33H40O8S3. The van der Waals surface area contributed by atoms with Gasteiger partial charge in [-0.1, -0.05) is 60.8 Å². The third-order valence-electron chi connectivity index (χ3n) is 5.38. The lowest BCUT2D eigenvalue weighted by atomic mass is 10.2. The SMILES string of the molecule is C/C=C/C(=O)SCCOC(=O)/C=C/c1ccc(OC)cc1.COc1ccc(/C=C/C(=O)OCCSC(=O)CC(C)SC)cc1. The van der Waals surface area contributed by atoms with Crippen molar-refractivity contribution in [1.82, 2.24) is 0 Å². The molecule has 0 amide bonds. The van der Waals surface area contributed by atoms with Crippen LogP contribution in [0.3, 0.4) is 0 Å². The summed E-state index contributed by atoms with van der Waals surface area (Å²) in [5, 5.41) is 0.420. The molecule has 0 spiro atoms. The smallest absolute Gasteiger partial charge is 0.330 e. The first-order valence-corrected chi connectivity index (χ1v) is 16.9. The Hall–Kier alpha value is -3.41. The van der Waals surface area contributed by atoms with Crippen LogP contribution in [0.2, 0.25) is 0 Å². The Kier molecular flexibility index (Phi) is 21.0. The molecule has 0 aromatic heterocycles. The summed E-state index contributed by atoms with van der Waals surface area (Å²) in [6.45, 7) is 4.24. The highest BCUT2D eigenvalue weighted by Crippen LogP contribution is 2.16. The van der Waals surface area contributed by atoms with E-state index in [1.165, 1.54) is 30.0 Å². The second kappa shape index (κ2) is 24.0. The normalized spacial score (nSPS) is 11.6. The second-order valence-corrected chi connectivity index (χ2v) is 12.2. The van der Waals surface area contributed by atoms with Crippen LogP contribution in [0.15, 0.2) is 72.8 Å². The molecule has 1 atom stereocenters. The van der Waals surface area contributed by atoms with Crippen LogP contribution in [0.5, 0.6) is 11.5 Å². The van der Waals surface area contributed by atoms with Gasteiger partial charge in [-0.3, -0.25) is 9.59 Å². The molecule has 0 aliphatic rings. The molecule has 238 valence electrons. The second-order valence-electron chi connectivity index (χ2n) is 8.69. The number of hydrogen-bond acceptors (Lipinski definition) is 11. The van der Waals surface area contributed by atoms with Crippen LogP contribution < -0.4 is 9.47 Å². The lowest BCUT2D eigenvalue weighted by Gasteiger charge is -2.06. The van der Waals surface area contributed by atoms with Gasteiger partial charge in [-0.2, -0.15) is 11.8 Å². The molecular weight excluding hydrogens is 621 g/mol. The van der Waals surface area contributed by atoms with Crippen LogP contribution in [-0.4, -0.2) is 72.6 Å². The van der Waals surface area contributed by atoms with Gasteiger partial charge in [0.2, 0.25) is 5.12 Å². The average Bonchev–Trinajstić information content (AvgIpc) is 3.04. The monoisotopic (exact) mass is 660 g/mol. The fraction of sp³-hybridized carbons (Fsp3) is 0.333. The van der Waals surface area contributed by atoms with E-state index in [0.29, 0.717) is 23.2 Å². The fourth-order valence-corrected chi connectivity index (χ4v) is 4.78. The summed E-state index contributed by atoms with van der Waals surface area (Å²) < 4.78 is 20.2. The van der Waals surface area contributed by atoms with E-state index in [-0.39, 0.29) is 23.4 Å². The first kappa shape index (κ1) is 38.6. The highest BCUT2D eigenvalue weighted by Gasteiger charge is 2.08. The van der Waals surface area contributed by atoms with Crippen molar-refractivity contribution in [3.8, 4) is 11.5 Å². The van der Waals surface area contributed by atoms with E-state index in [4.69, 9.17) is 18.9 Å². The van der Waals surface area contributed by atoms with Gasteiger partial charge in [0.25, 0.3) is 0 Å². The van der Waals surface area contributed by atoms with Crippen molar-refractivity contribution < 1.29 is 38.1 Å². The summed E-state index contributed by atoms with van der Waals surface area (Å²) in [7, 11) is 3.20. The number of allylic oxidation sites excluding steroid dienone is 1. The molecule has 2 aromatic rings. The number of thioether (sulfide) groups is 3. The molecule has 0 saturated carbocycles. The third kappa shape index (κ3) is 19.0. The van der Waals surface area contributed by atoms with Crippen LogP contribution in [0.4, 0.5) is 0 Å². The predicted molar refractivity (Wildman–Crippen MR) is 183 cm³/mol. The maximum Gasteiger partial charge on any atom is 0.330 e. The van der Waals surface area contributed by atoms with Crippen LogP contribution in [0.25, 0.3) is 12.2 Å². The Morgan fingerprint density at radius 2 is 1.18 bits per heavy atom. The Bertz CT molecular complexity index is 1240. The van der Waals surface area contributed by atoms with Crippen LogP contribution in [0.1, 0.15) is 31.4 Å². The van der Waals surface area contributed by atoms with E-state index in [1.807, 2.05) is 61.7 Å². The van der Waals surface area contributed by atoms with Gasteiger partial charge in [-0.15, -0.1) is 0 Å². The molecule has 44 heavy (non-hydrogen) atoms. The van der Waals surface area contributed by atoms with Gasteiger partial charge in [0.05, 0.1) is 14.2 Å². The number of hydrogen-bond donors (Lipinski definition) is 0. The van der Waals surface area contributed by atoms with Crippen LogP contribution in [0, 0.1) is 0 Å². The molecule has 0 N–H and O–H groups in total. The average molecular weight is 661 g/mol. The minimum atomic E-state index is -0.426. The van der Waals surface area contributed by atoms with Crippen molar-refractivity contribution in [1.29, 1.82) is 0 Å². The number of methoxy groups -OCH3 is 2. The topological polar surface area (TPSA) is 105 Å². The highest BCUT2D eigenvalue weighted by atomic mass is 32.2. The molecule has 0 aliphatic carbocycles. The number of carbonyl (C=O) groups is 4. The predicted octanol–water partition coefficient (Wildman–Crippen LogP) is 6.74. The zero-order valence-corrected chi connectivity index (χ0v) is 28.1. The maximum absolute atomic E-state index is 11.6. The van der Waals surface area contributed by atoms with Crippen LogP contribution >= 0.6 is 35.3 Å². The summed E-state index contributed by atoms with van der Waals surface area (Å²) in [6, 6.07) is 14.7. The fourth-order valence-electron chi connectivity index (χ4n) is 3.00. The Morgan fingerprint density at radius 3 is 1.59 bits per heavy atom. The summed E-state index contributed by atoms with van der Waals surface area (Å²) in [6.07, 6.45) is 11.8. The van der Waals surface area contributed by atoms with Gasteiger partial charge in [-0.05, 0) is 66.8 Å². The van der Waals surface area contributed by atoms with Crippen molar-refractivity contribution in [2.75, 3.05) is 45.2 Å². The van der Waals surface area contributed by atoms with Crippen molar-refractivity contribution >= 4 is 69.6 Å². The van der Waals surface area contributed by atoms with Gasteiger partial charge in [0.15, 0.2) is 5.12 Å². The maximum atomic E-state index is 11.6. The number of carbonyl (C=O) groups excluding carboxylic acids is 4. The lowest BCUT2D eigenvalue weighted by molar-refractivity contribution is -0.137. The molecule has 2 rings (SSSR count). The van der Waals surface area contributed by atoms with E-state index in [0.717, 1.165) is 34.4 Å². The quantitative estimate of drug-likeness (QED) is 0.109. The summed E-state index contributed by atoms with van der Waals surface area (Å²) in [5.41, 5.74) is 1.77. The Balaban J connectivity index is 0.000000442. The molecule has 11 heteroatoms. The molecule has 2 aromatic carbocycles. The van der Waals surface area contributed by atoms with Crippen molar-refractivity contribution in [2.45, 2.75) is 25.5 Å². The summed E-state index contributed by atoms with van der Waals surface area (Å²) in [5.74, 6) is 1.63.